The van der Waals surface area contributed by atoms with Crippen molar-refractivity contribution >= 4 is 0 Å². The summed E-state index contributed by atoms with van der Waals surface area (Å²) < 4.78 is 6.11. The molecular weight excluding hydrogens is 222 g/mol. The number of benzene rings is 1. The van der Waals surface area contributed by atoms with Crippen LogP contribution in [0.25, 0.3) is 0 Å². The number of ether oxygens (including phenoxy) is 1. The van der Waals surface area contributed by atoms with Crippen LogP contribution in [0, 0.1) is 0 Å². The molecule has 1 atom stereocenters. The lowest BCUT2D eigenvalue weighted by molar-refractivity contribution is 0.154. The Morgan fingerprint density at radius 3 is 2.67 bits per heavy atom. The van der Waals surface area contributed by atoms with Crippen LogP contribution in [0.1, 0.15) is 62.1 Å². The molecule has 18 heavy (non-hydrogen) atoms. The van der Waals surface area contributed by atoms with E-state index in [1.807, 2.05) is 0 Å². The van der Waals surface area contributed by atoms with Gasteiger partial charge >= 0.3 is 0 Å². The Hall–Kier alpha value is -1.02. The van der Waals surface area contributed by atoms with Gasteiger partial charge in [-0.25, -0.2) is 0 Å². The average Bonchev–Trinajstić information content (AvgIpc) is 2.41. The lowest BCUT2D eigenvalue weighted by Gasteiger charge is -2.26. The first kappa shape index (κ1) is 12.0. The molecule has 1 aromatic rings. The third-order valence-electron chi connectivity index (χ3n) is 4.33. The molecule has 2 heteroatoms. The Bertz CT molecular complexity index is 410. The first-order valence-electron chi connectivity index (χ1n) is 7.38. The SMILES string of the molecule is N[C@H]1CCCc2ccc(OC3CCCCC3)cc21. The molecule has 1 aromatic carbocycles. The number of hydrogen-bond donors (Lipinski definition) is 1. The molecule has 98 valence electrons. The number of fused-ring (bicyclic) bond motifs is 1. The van der Waals surface area contributed by atoms with Gasteiger partial charge in [-0.15, -0.1) is 0 Å². The van der Waals surface area contributed by atoms with Gasteiger partial charge in [-0.3, -0.25) is 0 Å². The van der Waals surface area contributed by atoms with Crippen LogP contribution in [0.2, 0.25) is 0 Å². The molecule has 0 unspecified atom stereocenters. The molecule has 0 aliphatic heterocycles. The highest BCUT2D eigenvalue weighted by atomic mass is 16.5. The van der Waals surface area contributed by atoms with Crippen molar-refractivity contribution in [2.45, 2.75) is 63.5 Å². The van der Waals surface area contributed by atoms with Gasteiger partial charge in [-0.05, 0) is 68.2 Å². The molecular formula is C16H23NO. The van der Waals surface area contributed by atoms with Crippen LogP contribution in [0.5, 0.6) is 5.75 Å². The van der Waals surface area contributed by atoms with Crippen molar-refractivity contribution in [1.82, 2.24) is 0 Å². The number of aryl methyl sites for hydroxylation is 1. The van der Waals surface area contributed by atoms with E-state index in [1.165, 1.54) is 56.1 Å². The maximum atomic E-state index is 6.19. The normalized spacial score (nSPS) is 24.6. The molecule has 0 bridgehead atoms. The smallest absolute Gasteiger partial charge is 0.120 e. The van der Waals surface area contributed by atoms with Crippen LogP contribution in [-0.2, 0) is 6.42 Å². The zero-order valence-electron chi connectivity index (χ0n) is 11.0. The highest BCUT2D eigenvalue weighted by Crippen LogP contribution is 2.32. The summed E-state index contributed by atoms with van der Waals surface area (Å²) >= 11 is 0. The van der Waals surface area contributed by atoms with Crippen LogP contribution < -0.4 is 10.5 Å². The maximum Gasteiger partial charge on any atom is 0.120 e. The Balaban J connectivity index is 1.74. The van der Waals surface area contributed by atoms with Crippen LogP contribution in [0.3, 0.4) is 0 Å². The monoisotopic (exact) mass is 245 g/mol. The van der Waals surface area contributed by atoms with Gasteiger partial charge in [0.05, 0.1) is 6.10 Å². The molecule has 1 fully saturated rings. The lowest BCUT2D eigenvalue weighted by atomic mass is 9.88. The molecule has 0 amide bonds. The molecule has 0 spiro atoms. The van der Waals surface area contributed by atoms with Crippen molar-refractivity contribution in [2.75, 3.05) is 0 Å². The van der Waals surface area contributed by atoms with Crippen LogP contribution in [-0.4, -0.2) is 6.10 Å². The quantitative estimate of drug-likeness (QED) is 0.861. The zero-order valence-corrected chi connectivity index (χ0v) is 11.0. The highest BCUT2D eigenvalue weighted by molar-refractivity contribution is 5.39. The summed E-state index contributed by atoms with van der Waals surface area (Å²) in [6.45, 7) is 0. The second-order valence-corrected chi connectivity index (χ2v) is 5.74. The van der Waals surface area contributed by atoms with Gasteiger partial charge in [0, 0.05) is 6.04 Å². The van der Waals surface area contributed by atoms with Gasteiger partial charge in [-0.1, -0.05) is 12.5 Å². The third kappa shape index (κ3) is 2.54. The summed E-state index contributed by atoms with van der Waals surface area (Å²) in [5.74, 6) is 1.03. The third-order valence-corrected chi connectivity index (χ3v) is 4.33. The van der Waals surface area contributed by atoms with Crippen molar-refractivity contribution in [3.8, 4) is 5.75 Å². The van der Waals surface area contributed by atoms with E-state index in [9.17, 15) is 0 Å². The molecule has 0 heterocycles. The number of rotatable bonds is 2. The predicted molar refractivity (Wildman–Crippen MR) is 73.8 cm³/mol. The summed E-state index contributed by atoms with van der Waals surface area (Å²) in [6.07, 6.45) is 10.4. The van der Waals surface area contributed by atoms with Crippen LogP contribution in [0.15, 0.2) is 18.2 Å². The van der Waals surface area contributed by atoms with Crippen molar-refractivity contribution < 1.29 is 4.74 Å². The average molecular weight is 245 g/mol. The summed E-state index contributed by atoms with van der Waals surface area (Å²) in [6, 6.07) is 6.75. The van der Waals surface area contributed by atoms with Gasteiger partial charge in [0.1, 0.15) is 5.75 Å². The van der Waals surface area contributed by atoms with Crippen LogP contribution in [0.4, 0.5) is 0 Å². The van der Waals surface area contributed by atoms with E-state index < -0.39 is 0 Å². The minimum Gasteiger partial charge on any atom is -0.490 e. The molecule has 3 rings (SSSR count). The topological polar surface area (TPSA) is 35.2 Å². The Morgan fingerprint density at radius 2 is 1.83 bits per heavy atom. The van der Waals surface area contributed by atoms with Crippen LogP contribution >= 0.6 is 0 Å². The number of nitrogens with two attached hydrogens (primary N) is 1. The largest absolute Gasteiger partial charge is 0.490 e. The molecule has 2 N–H and O–H groups in total. The van der Waals surface area contributed by atoms with Gasteiger partial charge in [0.15, 0.2) is 0 Å². The fourth-order valence-electron chi connectivity index (χ4n) is 3.26. The molecule has 1 saturated carbocycles. The summed E-state index contributed by atoms with van der Waals surface area (Å²) in [5.41, 5.74) is 8.93. The standard InChI is InChI=1S/C16H23NO/c17-16-8-4-5-12-9-10-14(11-15(12)16)18-13-6-2-1-3-7-13/h9-11,13,16H,1-8,17H2/t16-/m0/s1. The lowest BCUT2D eigenvalue weighted by Crippen LogP contribution is -2.21. The summed E-state index contributed by atoms with van der Waals surface area (Å²) in [7, 11) is 0. The van der Waals surface area contributed by atoms with E-state index in [4.69, 9.17) is 10.5 Å². The second kappa shape index (κ2) is 5.31. The molecule has 2 nitrogen and oxygen atoms in total. The first-order chi connectivity index (χ1) is 8.83. The van der Waals surface area contributed by atoms with Crippen molar-refractivity contribution in [3.05, 3.63) is 29.3 Å². The Morgan fingerprint density at radius 1 is 1.00 bits per heavy atom. The van der Waals surface area contributed by atoms with Gasteiger partial charge in [0.25, 0.3) is 0 Å². The highest BCUT2D eigenvalue weighted by Gasteiger charge is 2.19. The van der Waals surface area contributed by atoms with Gasteiger partial charge in [0.2, 0.25) is 0 Å². The zero-order chi connectivity index (χ0) is 12.4. The Labute approximate surface area is 110 Å². The fraction of sp³-hybridized carbons (Fsp3) is 0.625. The molecule has 0 radical (unpaired) electrons. The maximum absolute atomic E-state index is 6.19. The van der Waals surface area contributed by atoms with E-state index >= 15 is 0 Å². The van der Waals surface area contributed by atoms with E-state index in [0.29, 0.717) is 6.10 Å². The molecule has 0 aromatic heterocycles. The van der Waals surface area contributed by atoms with Crippen molar-refractivity contribution in [1.29, 1.82) is 0 Å². The molecule has 0 saturated heterocycles. The minimum atomic E-state index is 0.212. The van der Waals surface area contributed by atoms with Gasteiger partial charge in [-0.2, -0.15) is 0 Å². The van der Waals surface area contributed by atoms with E-state index in [0.717, 1.165) is 12.2 Å². The van der Waals surface area contributed by atoms with E-state index in [2.05, 4.69) is 18.2 Å². The second-order valence-electron chi connectivity index (χ2n) is 5.74. The Kier molecular flexibility index (Phi) is 3.55. The molecule has 2 aliphatic carbocycles. The summed E-state index contributed by atoms with van der Waals surface area (Å²) in [5, 5.41) is 0. The van der Waals surface area contributed by atoms with Crippen molar-refractivity contribution in [2.24, 2.45) is 5.73 Å². The fourth-order valence-corrected chi connectivity index (χ4v) is 3.26. The number of hydrogen-bond acceptors (Lipinski definition) is 2. The van der Waals surface area contributed by atoms with E-state index in [1.54, 1.807) is 0 Å². The van der Waals surface area contributed by atoms with Crippen molar-refractivity contribution in [3.63, 3.8) is 0 Å². The minimum absolute atomic E-state index is 0.212. The summed E-state index contributed by atoms with van der Waals surface area (Å²) in [4.78, 5) is 0. The van der Waals surface area contributed by atoms with E-state index in [-0.39, 0.29) is 6.04 Å². The molecule has 2 aliphatic rings. The van der Waals surface area contributed by atoms with Gasteiger partial charge < -0.3 is 10.5 Å². The first-order valence-corrected chi connectivity index (χ1v) is 7.38. The predicted octanol–water partition coefficient (Wildman–Crippen LogP) is 3.73.